The Bertz CT molecular complexity index is 644. The molecule has 0 amide bonds. The molecule has 0 spiro atoms. The number of nitrogen functional groups attached to an aromatic ring is 1. The number of halogens is 1. The highest BCUT2D eigenvalue weighted by molar-refractivity contribution is 9.10. The molecule has 0 aliphatic heterocycles. The molecule has 0 aliphatic rings. The second-order valence-corrected chi connectivity index (χ2v) is 5.45. The van der Waals surface area contributed by atoms with Crippen LogP contribution in [-0.4, -0.2) is 18.1 Å². The summed E-state index contributed by atoms with van der Waals surface area (Å²) in [6.45, 7) is 2.00. The van der Waals surface area contributed by atoms with Crippen molar-refractivity contribution in [2.24, 2.45) is 0 Å². The summed E-state index contributed by atoms with van der Waals surface area (Å²) in [4.78, 5) is 15.8. The second-order valence-electron chi connectivity index (χ2n) is 4.53. The third-order valence-electron chi connectivity index (χ3n) is 3.12. The molecule has 0 aliphatic carbocycles. The molecule has 1 aromatic heterocycles. The number of anilines is 2. The largest absolute Gasteiger partial charge is 0.465 e. The first-order chi connectivity index (χ1) is 10.0. The van der Waals surface area contributed by atoms with Gasteiger partial charge in [0.05, 0.1) is 24.4 Å². The predicted molar refractivity (Wildman–Crippen MR) is 86.2 cm³/mol. The summed E-state index contributed by atoms with van der Waals surface area (Å²) in [7, 11) is 1.32. The third-order valence-corrected chi connectivity index (χ3v) is 3.65. The number of nitrogens with two attached hydrogens (primary N) is 1. The lowest BCUT2D eigenvalue weighted by atomic mass is 10.1. The van der Waals surface area contributed by atoms with E-state index in [0.717, 1.165) is 10.0 Å². The van der Waals surface area contributed by atoms with E-state index in [-0.39, 0.29) is 11.7 Å². The van der Waals surface area contributed by atoms with Gasteiger partial charge in [0, 0.05) is 10.7 Å². The van der Waals surface area contributed by atoms with Crippen LogP contribution >= 0.6 is 15.9 Å². The minimum atomic E-state index is -0.478. The van der Waals surface area contributed by atoms with Crippen molar-refractivity contribution in [2.75, 3.05) is 18.2 Å². The topological polar surface area (TPSA) is 77.2 Å². The summed E-state index contributed by atoms with van der Waals surface area (Å²) in [5, 5.41) is 3.21. The van der Waals surface area contributed by atoms with Crippen LogP contribution in [0, 0.1) is 0 Å². The molecule has 6 heteroatoms. The zero-order chi connectivity index (χ0) is 15.4. The SMILES string of the molecule is COC(=O)c1ccnc(NC(C)c2ccc(Br)cc2)c1N. The van der Waals surface area contributed by atoms with Gasteiger partial charge in [0.2, 0.25) is 0 Å². The lowest BCUT2D eigenvalue weighted by molar-refractivity contribution is 0.0602. The fourth-order valence-corrected chi connectivity index (χ4v) is 2.18. The summed E-state index contributed by atoms with van der Waals surface area (Å²) in [6, 6.07) is 9.48. The smallest absolute Gasteiger partial charge is 0.340 e. The average molecular weight is 350 g/mol. The molecule has 2 rings (SSSR count). The van der Waals surface area contributed by atoms with E-state index in [4.69, 9.17) is 10.5 Å². The number of carbonyl (C=O) groups is 1. The molecule has 1 atom stereocenters. The predicted octanol–water partition coefficient (Wildman–Crippen LogP) is 3.39. The third kappa shape index (κ3) is 3.52. The maximum atomic E-state index is 11.6. The lowest BCUT2D eigenvalue weighted by Crippen LogP contribution is -2.13. The van der Waals surface area contributed by atoms with E-state index in [1.807, 2.05) is 31.2 Å². The number of pyridine rings is 1. The number of esters is 1. The van der Waals surface area contributed by atoms with Crippen molar-refractivity contribution in [1.29, 1.82) is 0 Å². The standard InChI is InChI=1S/C15H16BrN3O2/c1-9(10-3-5-11(16)6-4-10)19-14-13(17)12(7-8-18-14)15(20)21-2/h3-9H,17H2,1-2H3,(H,18,19). The zero-order valence-electron chi connectivity index (χ0n) is 11.8. The Hall–Kier alpha value is -2.08. The van der Waals surface area contributed by atoms with Gasteiger partial charge in [-0.2, -0.15) is 0 Å². The number of methoxy groups -OCH3 is 1. The first-order valence-electron chi connectivity index (χ1n) is 6.37. The maximum Gasteiger partial charge on any atom is 0.340 e. The first kappa shape index (κ1) is 15.3. The van der Waals surface area contributed by atoms with Gasteiger partial charge in [0.15, 0.2) is 5.82 Å². The van der Waals surface area contributed by atoms with Crippen LogP contribution in [0.3, 0.4) is 0 Å². The van der Waals surface area contributed by atoms with Crippen molar-refractivity contribution < 1.29 is 9.53 Å². The Kier molecular flexibility index (Phi) is 4.80. The van der Waals surface area contributed by atoms with E-state index >= 15 is 0 Å². The number of nitrogens with one attached hydrogen (secondary N) is 1. The molecule has 0 saturated carbocycles. The van der Waals surface area contributed by atoms with Crippen LogP contribution in [-0.2, 0) is 4.74 Å². The van der Waals surface area contributed by atoms with Crippen LogP contribution in [0.2, 0.25) is 0 Å². The van der Waals surface area contributed by atoms with E-state index in [1.165, 1.54) is 19.4 Å². The number of hydrogen-bond acceptors (Lipinski definition) is 5. The molecule has 1 unspecified atom stereocenters. The fraction of sp³-hybridized carbons (Fsp3) is 0.200. The minimum absolute atomic E-state index is 0.000738. The highest BCUT2D eigenvalue weighted by atomic mass is 79.9. The van der Waals surface area contributed by atoms with E-state index in [2.05, 4.69) is 26.2 Å². The highest BCUT2D eigenvalue weighted by Gasteiger charge is 2.15. The molecule has 3 N–H and O–H groups in total. The summed E-state index contributed by atoms with van der Waals surface area (Å²) < 4.78 is 5.71. The van der Waals surface area contributed by atoms with Gasteiger partial charge < -0.3 is 15.8 Å². The van der Waals surface area contributed by atoms with Gasteiger partial charge in [-0.15, -0.1) is 0 Å². The van der Waals surface area contributed by atoms with Crippen molar-refractivity contribution in [3.05, 3.63) is 52.1 Å². The molecule has 110 valence electrons. The molecular weight excluding hydrogens is 334 g/mol. The number of aromatic nitrogens is 1. The molecule has 21 heavy (non-hydrogen) atoms. The van der Waals surface area contributed by atoms with Gasteiger partial charge in [0.1, 0.15) is 0 Å². The molecule has 0 fully saturated rings. The van der Waals surface area contributed by atoms with Gasteiger partial charge in [-0.1, -0.05) is 28.1 Å². The van der Waals surface area contributed by atoms with E-state index < -0.39 is 5.97 Å². The van der Waals surface area contributed by atoms with Crippen LogP contribution < -0.4 is 11.1 Å². The summed E-state index contributed by atoms with van der Waals surface area (Å²) in [5.74, 6) is -0.0115. The van der Waals surface area contributed by atoms with Crippen molar-refractivity contribution >= 4 is 33.4 Å². The van der Waals surface area contributed by atoms with Crippen molar-refractivity contribution in [3.63, 3.8) is 0 Å². The van der Waals surface area contributed by atoms with Crippen LogP contribution in [0.15, 0.2) is 41.0 Å². The van der Waals surface area contributed by atoms with Crippen LogP contribution in [0.25, 0.3) is 0 Å². The van der Waals surface area contributed by atoms with E-state index in [1.54, 1.807) is 0 Å². The Morgan fingerprint density at radius 1 is 1.33 bits per heavy atom. The maximum absolute atomic E-state index is 11.6. The van der Waals surface area contributed by atoms with Crippen LogP contribution in [0.4, 0.5) is 11.5 Å². The normalized spacial score (nSPS) is 11.8. The van der Waals surface area contributed by atoms with Crippen molar-refractivity contribution in [3.8, 4) is 0 Å². The lowest BCUT2D eigenvalue weighted by Gasteiger charge is -2.17. The van der Waals surface area contributed by atoms with Gasteiger partial charge in [-0.05, 0) is 30.7 Å². The average Bonchev–Trinajstić information content (AvgIpc) is 2.49. The van der Waals surface area contributed by atoms with Crippen LogP contribution in [0.5, 0.6) is 0 Å². The number of rotatable bonds is 4. The van der Waals surface area contributed by atoms with Gasteiger partial charge in [-0.3, -0.25) is 0 Å². The fourth-order valence-electron chi connectivity index (χ4n) is 1.92. The molecule has 0 radical (unpaired) electrons. The summed E-state index contributed by atoms with van der Waals surface area (Å²) in [6.07, 6.45) is 1.53. The highest BCUT2D eigenvalue weighted by Crippen LogP contribution is 2.26. The van der Waals surface area contributed by atoms with E-state index in [9.17, 15) is 4.79 Å². The quantitative estimate of drug-likeness (QED) is 0.827. The van der Waals surface area contributed by atoms with Crippen LogP contribution in [0.1, 0.15) is 28.9 Å². The number of benzene rings is 1. The van der Waals surface area contributed by atoms with Crippen molar-refractivity contribution in [2.45, 2.75) is 13.0 Å². The molecular formula is C15H16BrN3O2. The molecule has 5 nitrogen and oxygen atoms in total. The Morgan fingerprint density at radius 2 is 2.00 bits per heavy atom. The summed E-state index contributed by atoms with van der Waals surface area (Å²) >= 11 is 3.40. The van der Waals surface area contributed by atoms with Gasteiger partial charge in [0.25, 0.3) is 0 Å². The number of hydrogen-bond donors (Lipinski definition) is 2. The monoisotopic (exact) mass is 349 g/mol. The van der Waals surface area contributed by atoms with Crippen molar-refractivity contribution in [1.82, 2.24) is 4.98 Å². The second kappa shape index (κ2) is 6.58. The number of ether oxygens (including phenoxy) is 1. The first-order valence-corrected chi connectivity index (χ1v) is 7.17. The molecule has 0 bridgehead atoms. The Morgan fingerprint density at radius 3 is 2.62 bits per heavy atom. The number of carbonyl (C=O) groups excluding carboxylic acids is 1. The van der Waals surface area contributed by atoms with E-state index in [0.29, 0.717) is 11.4 Å². The van der Waals surface area contributed by atoms with Gasteiger partial charge in [-0.25, -0.2) is 9.78 Å². The minimum Gasteiger partial charge on any atom is -0.465 e. The Labute approximate surface area is 131 Å². The molecule has 1 heterocycles. The Balaban J connectivity index is 2.23. The summed E-state index contributed by atoms with van der Waals surface area (Å²) in [5.41, 5.74) is 7.65. The zero-order valence-corrected chi connectivity index (χ0v) is 13.3. The molecule has 0 saturated heterocycles. The van der Waals surface area contributed by atoms with Gasteiger partial charge >= 0.3 is 5.97 Å². The number of nitrogens with zero attached hydrogens (tertiary/aromatic N) is 1. The molecule has 2 aromatic rings. The molecule has 1 aromatic carbocycles.